The maximum atomic E-state index is 12.5. The molecule has 1 amide bonds. The largest absolute Gasteiger partial charge is 0.315 e. The number of benzene rings is 1. The van der Waals surface area contributed by atoms with Gasteiger partial charge in [-0.1, -0.05) is 36.4 Å². The van der Waals surface area contributed by atoms with Crippen molar-refractivity contribution in [2.75, 3.05) is 11.9 Å². The van der Waals surface area contributed by atoms with E-state index in [4.69, 9.17) is 0 Å². The van der Waals surface area contributed by atoms with Crippen molar-refractivity contribution in [2.45, 2.75) is 19.9 Å². The van der Waals surface area contributed by atoms with E-state index in [0.717, 1.165) is 21.7 Å². The third-order valence-corrected chi connectivity index (χ3v) is 5.46. The lowest BCUT2D eigenvalue weighted by atomic mass is 10.0. The van der Waals surface area contributed by atoms with Crippen LogP contribution in [0.3, 0.4) is 0 Å². The third kappa shape index (κ3) is 4.40. The Morgan fingerprint density at radius 1 is 1.19 bits per heavy atom. The van der Waals surface area contributed by atoms with Crippen LogP contribution in [0.4, 0.5) is 5.00 Å². The summed E-state index contributed by atoms with van der Waals surface area (Å²) < 4.78 is 0. The standard InChI is InChI=1S/C21H20N4OS/c1-14-15(2)27-21(17(14)12-22)25-19(26)13-24-20(16-8-4-3-5-9-16)18-10-6-7-11-23-18/h3-11,20,24H,13H2,1-2H3,(H,25,26). The number of nitriles is 1. The number of nitrogens with zero attached hydrogens (tertiary/aromatic N) is 2. The van der Waals surface area contributed by atoms with Gasteiger partial charge >= 0.3 is 0 Å². The van der Waals surface area contributed by atoms with Crippen molar-refractivity contribution in [3.63, 3.8) is 0 Å². The maximum absolute atomic E-state index is 12.5. The number of hydrogen-bond acceptors (Lipinski definition) is 5. The molecular weight excluding hydrogens is 356 g/mol. The van der Waals surface area contributed by atoms with Crippen molar-refractivity contribution < 1.29 is 4.79 Å². The number of nitrogens with one attached hydrogen (secondary N) is 2. The molecule has 1 unspecified atom stereocenters. The van der Waals surface area contributed by atoms with Crippen LogP contribution in [0.5, 0.6) is 0 Å². The highest BCUT2D eigenvalue weighted by Gasteiger charge is 2.18. The number of hydrogen-bond donors (Lipinski definition) is 2. The zero-order chi connectivity index (χ0) is 19.2. The van der Waals surface area contributed by atoms with E-state index in [1.54, 1.807) is 6.20 Å². The van der Waals surface area contributed by atoms with Gasteiger partial charge < -0.3 is 5.32 Å². The number of aryl methyl sites for hydroxylation is 1. The molecule has 1 atom stereocenters. The third-order valence-electron chi connectivity index (χ3n) is 4.33. The molecule has 0 spiro atoms. The quantitative estimate of drug-likeness (QED) is 0.683. The molecule has 1 aromatic carbocycles. The lowest BCUT2D eigenvalue weighted by molar-refractivity contribution is -0.115. The molecule has 2 heterocycles. The monoisotopic (exact) mass is 376 g/mol. The second kappa shape index (κ2) is 8.58. The van der Waals surface area contributed by atoms with E-state index < -0.39 is 0 Å². The molecule has 2 N–H and O–H groups in total. The molecule has 5 nitrogen and oxygen atoms in total. The van der Waals surface area contributed by atoms with Gasteiger partial charge in [-0.3, -0.25) is 15.1 Å². The van der Waals surface area contributed by atoms with Gasteiger partial charge in [-0.05, 0) is 37.1 Å². The molecule has 3 rings (SSSR count). The Kier molecular flexibility index (Phi) is 5.97. The van der Waals surface area contributed by atoms with Crippen molar-refractivity contribution in [1.29, 1.82) is 5.26 Å². The SMILES string of the molecule is Cc1sc(NC(=O)CNC(c2ccccc2)c2ccccn2)c(C#N)c1C. The summed E-state index contributed by atoms with van der Waals surface area (Å²) in [4.78, 5) is 17.9. The molecule has 0 radical (unpaired) electrons. The second-order valence-electron chi connectivity index (χ2n) is 6.13. The van der Waals surface area contributed by atoms with Crippen molar-refractivity contribution in [2.24, 2.45) is 0 Å². The highest BCUT2D eigenvalue weighted by atomic mass is 32.1. The lowest BCUT2D eigenvalue weighted by Crippen LogP contribution is -2.32. The van der Waals surface area contributed by atoms with Crippen molar-refractivity contribution in [3.8, 4) is 6.07 Å². The van der Waals surface area contributed by atoms with Crippen LogP contribution in [0.2, 0.25) is 0 Å². The summed E-state index contributed by atoms with van der Waals surface area (Å²) in [5.74, 6) is -0.190. The first-order valence-corrected chi connectivity index (χ1v) is 9.41. The van der Waals surface area contributed by atoms with Gasteiger partial charge in [0.15, 0.2) is 0 Å². The summed E-state index contributed by atoms with van der Waals surface area (Å²) in [5.41, 5.74) is 3.33. The Balaban J connectivity index is 1.73. The fraction of sp³-hybridized carbons (Fsp3) is 0.190. The normalized spacial score (nSPS) is 11.6. The minimum Gasteiger partial charge on any atom is -0.315 e. The molecule has 0 fully saturated rings. The van der Waals surface area contributed by atoms with E-state index >= 15 is 0 Å². The van der Waals surface area contributed by atoms with Crippen LogP contribution in [0.1, 0.15) is 33.3 Å². The van der Waals surface area contributed by atoms with Crippen LogP contribution in [0.25, 0.3) is 0 Å². The van der Waals surface area contributed by atoms with Gasteiger partial charge in [-0.25, -0.2) is 0 Å². The van der Waals surface area contributed by atoms with Crippen LogP contribution in [-0.4, -0.2) is 17.4 Å². The van der Waals surface area contributed by atoms with Crippen LogP contribution in [0.15, 0.2) is 54.7 Å². The minimum absolute atomic E-state index is 0.108. The summed E-state index contributed by atoms with van der Waals surface area (Å²) in [5, 5.41) is 16.1. The number of anilines is 1. The van der Waals surface area contributed by atoms with E-state index in [-0.39, 0.29) is 18.5 Å². The number of thiophene rings is 1. The van der Waals surface area contributed by atoms with Gasteiger partial charge in [0, 0.05) is 11.1 Å². The van der Waals surface area contributed by atoms with Crippen LogP contribution in [0, 0.1) is 25.2 Å². The summed E-state index contributed by atoms with van der Waals surface area (Å²) in [6.07, 6.45) is 1.74. The molecule has 6 heteroatoms. The Morgan fingerprint density at radius 2 is 1.93 bits per heavy atom. The molecular formula is C21H20N4OS. The average molecular weight is 376 g/mol. The van der Waals surface area contributed by atoms with E-state index in [1.165, 1.54) is 11.3 Å². The predicted molar refractivity (Wildman–Crippen MR) is 108 cm³/mol. The maximum Gasteiger partial charge on any atom is 0.238 e. The van der Waals surface area contributed by atoms with E-state index in [9.17, 15) is 10.1 Å². The number of pyridine rings is 1. The second-order valence-corrected chi connectivity index (χ2v) is 7.35. The van der Waals surface area contributed by atoms with Gasteiger partial charge in [0.1, 0.15) is 11.1 Å². The van der Waals surface area contributed by atoms with Crippen LogP contribution >= 0.6 is 11.3 Å². The predicted octanol–water partition coefficient (Wildman–Crippen LogP) is 3.95. The number of carbonyl (C=O) groups excluding carboxylic acids is 1. The average Bonchev–Trinajstić information content (AvgIpc) is 2.96. The van der Waals surface area contributed by atoms with Crippen molar-refractivity contribution in [1.82, 2.24) is 10.3 Å². The number of amides is 1. The zero-order valence-corrected chi connectivity index (χ0v) is 16.0. The first-order chi connectivity index (χ1) is 13.1. The molecule has 136 valence electrons. The van der Waals surface area contributed by atoms with Gasteiger partial charge in [-0.2, -0.15) is 5.26 Å². The Morgan fingerprint density at radius 3 is 2.59 bits per heavy atom. The van der Waals surface area contributed by atoms with Gasteiger partial charge in [-0.15, -0.1) is 11.3 Å². The summed E-state index contributed by atoms with van der Waals surface area (Å²) >= 11 is 1.43. The molecule has 0 bridgehead atoms. The van der Waals surface area contributed by atoms with Crippen molar-refractivity contribution >= 4 is 22.2 Å². The number of rotatable bonds is 6. The molecule has 0 aliphatic carbocycles. The molecule has 0 aliphatic rings. The highest BCUT2D eigenvalue weighted by molar-refractivity contribution is 7.16. The van der Waals surface area contributed by atoms with Gasteiger partial charge in [0.05, 0.1) is 23.8 Å². The van der Waals surface area contributed by atoms with Crippen molar-refractivity contribution in [3.05, 3.63) is 82.0 Å². The zero-order valence-electron chi connectivity index (χ0n) is 15.2. The molecule has 0 saturated heterocycles. The Hall–Kier alpha value is -3.01. The Labute approximate surface area is 162 Å². The topological polar surface area (TPSA) is 77.8 Å². The van der Waals surface area contributed by atoms with Gasteiger partial charge in [0.2, 0.25) is 5.91 Å². The van der Waals surface area contributed by atoms with E-state index in [0.29, 0.717) is 10.6 Å². The summed E-state index contributed by atoms with van der Waals surface area (Å²) in [6.45, 7) is 3.95. The fourth-order valence-electron chi connectivity index (χ4n) is 2.80. The smallest absolute Gasteiger partial charge is 0.238 e. The molecule has 0 saturated carbocycles. The summed E-state index contributed by atoms with van der Waals surface area (Å²) in [7, 11) is 0. The van der Waals surface area contributed by atoms with E-state index in [1.807, 2.05) is 62.4 Å². The fourth-order valence-corrected chi connectivity index (χ4v) is 3.83. The number of carbonyl (C=O) groups is 1. The molecule has 0 aliphatic heterocycles. The minimum atomic E-state index is -0.194. The molecule has 2 aromatic heterocycles. The molecule has 3 aromatic rings. The highest BCUT2D eigenvalue weighted by Crippen LogP contribution is 2.31. The lowest BCUT2D eigenvalue weighted by Gasteiger charge is -2.18. The number of aromatic nitrogens is 1. The molecule has 27 heavy (non-hydrogen) atoms. The first-order valence-electron chi connectivity index (χ1n) is 8.59. The summed E-state index contributed by atoms with van der Waals surface area (Å²) in [6, 6.07) is 17.6. The van der Waals surface area contributed by atoms with E-state index in [2.05, 4.69) is 21.7 Å². The van der Waals surface area contributed by atoms with Gasteiger partial charge in [0.25, 0.3) is 0 Å². The van der Waals surface area contributed by atoms with Crippen LogP contribution < -0.4 is 10.6 Å². The van der Waals surface area contributed by atoms with Crippen LogP contribution in [-0.2, 0) is 4.79 Å². The first kappa shape index (κ1) is 18.8. The Bertz CT molecular complexity index is 922.